The molecule has 0 aliphatic rings. The number of hydrogen-bond donors (Lipinski definition) is 0. The fourth-order valence-electron chi connectivity index (χ4n) is 7.30. The van der Waals surface area contributed by atoms with Crippen molar-refractivity contribution in [3.63, 3.8) is 0 Å². The Balaban J connectivity index is 1.52. The van der Waals surface area contributed by atoms with E-state index in [9.17, 15) is 21.0 Å². The summed E-state index contributed by atoms with van der Waals surface area (Å²) in [6.07, 6.45) is 0. The summed E-state index contributed by atoms with van der Waals surface area (Å²) in [5, 5.41) is 43.3. The molecule has 0 amide bonds. The molecule has 0 N–H and O–H groups in total. The number of rotatable bonds is 6. The lowest BCUT2D eigenvalue weighted by molar-refractivity contribution is 0.590. The molecule has 2 heterocycles. The second kappa shape index (κ2) is 15.5. The molecule has 6 heteroatoms. The summed E-state index contributed by atoms with van der Waals surface area (Å²) < 4.78 is 0. The molecule has 0 aliphatic carbocycles. The van der Waals surface area contributed by atoms with E-state index in [0.29, 0.717) is 56.2 Å². The summed E-state index contributed by atoms with van der Waals surface area (Å²) in [5.74, 6) is 0. The molecular formula is C52H40N6. The highest BCUT2D eigenvalue weighted by Gasteiger charge is 2.27. The molecular weight excluding hydrogens is 709 g/mol. The van der Waals surface area contributed by atoms with Gasteiger partial charge in [-0.15, -0.1) is 0 Å². The van der Waals surface area contributed by atoms with Crippen molar-refractivity contribution in [3.05, 3.63) is 167 Å². The van der Waals surface area contributed by atoms with Crippen molar-refractivity contribution in [2.75, 3.05) is 0 Å². The maximum absolute atomic E-state index is 10.9. The van der Waals surface area contributed by atoms with E-state index >= 15 is 0 Å². The Morgan fingerprint density at radius 2 is 0.638 bits per heavy atom. The summed E-state index contributed by atoms with van der Waals surface area (Å²) >= 11 is 0. The van der Waals surface area contributed by atoms with Gasteiger partial charge in [0.15, 0.2) is 0 Å². The van der Waals surface area contributed by atoms with E-state index in [1.165, 1.54) is 0 Å². The van der Waals surface area contributed by atoms with Gasteiger partial charge in [0, 0.05) is 33.4 Å². The predicted octanol–water partition coefficient (Wildman–Crippen LogP) is 12.6. The number of hydrogen-bond acceptors (Lipinski definition) is 6. The topological polar surface area (TPSA) is 121 Å². The fourth-order valence-corrected chi connectivity index (χ4v) is 7.30. The van der Waals surface area contributed by atoms with Crippen LogP contribution in [0, 0.1) is 45.3 Å². The van der Waals surface area contributed by atoms with Gasteiger partial charge in [-0.05, 0) is 39.2 Å². The Morgan fingerprint density at radius 1 is 0.345 bits per heavy atom. The summed E-state index contributed by atoms with van der Waals surface area (Å²) in [4.78, 5) is 10.2. The number of nitrogens with zero attached hydrogens (tertiary/aromatic N) is 6. The summed E-state index contributed by atoms with van der Waals surface area (Å²) in [6.45, 7) is 12.9. The molecule has 0 spiro atoms. The fraction of sp³-hybridized carbons (Fsp3) is 0.154. The average molecular weight is 749 g/mol. The smallest absolute Gasteiger partial charge is 0.102 e. The van der Waals surface area contributed by atoms with E-state index in [2.05, 4.69) is 65.8 Å². The second-order valence-electron chi connectivity index (χ2n) is 16.3. The monoisotopic (exact) mass is 748 g/mol. The van der Waals surface area contributed by atoms with Gasteiger partial charge in [0.2, 0.25) is 0 Å². The molecule has 0 aliphatic heterocycles. The quantitative estimate of drug-likeness (QED) is 0.167. The zero-order valence-electron chi connectivity index (χ0n) is 33.4. The first-order valence-corrected chi connectivity index (χ1v) is 19.1. The van der Waals surface area contributed by atoms with Crippen LogP contribution in [0.1, 0.15) is 74.9 Å². The van der Waals surface area contributed by atoms with Crippen LogP contribution in [-0.2, 0) is 10.8 Å². The normalized spacial score (nSPS) is 11.2. The van der Waals surface area contributed by atoms with Crippen molar-refractivity contribution in [2.45, 2.75) is 52.4 Å². The minimum atomic E-state index is -0.0917. The molecule has 7 aromatic rings. The Bertz CT molecular complexity index is 2650. The molecule has 0 atom stereocenters. The Labute approximate surface area is 340 Å². The SMILES string of the molecule is CC(C)(C)c1ccc(-c2c(C#N)c(-c3ccccc3)nc(-c3cccc(-c4nc(-c5ccccc5)c(C#N)c(-c5ccc(C(C)(C)C)cc5)c4C#N)c3)c2C#N)cc1. The number of nitriles is 4. The molecule has 2 aromatic heterocycles. The lowest BCUT2D eigenvalue weighted by Gasteiger charge is -2.21. The Morgan fingerprint density at radius 3 is 0.931 bits per heavy atom. The van der Waals surface area contributed by atoms with Gasteiger partial charge < -0.3 is 0 Å². The lowest BCUT2D eigenvalue weighted by atomic mass is 9.84. The molecule has 7 rings (SSSR count). The largest absolute Gasteiger partial charge is 0.245 e. The molecule has 0 unspecified atom stereocenters. The molecule has 0 saturated heterocycles. The molecule has 0 radical (unpaired) electrons. The molecule has 0 saturated carbocycles. The summed E-state index contributed by atoms with van der Waals surface area (Å²) in [6, 6.07) is 52.1. The molecule has 5 aromatic carbocycles. The van der Waals surface area contributed by atoms with Crippen LogP contribution in [0.5, 0.6) is 0 Å². The van der Waals surface area contributed by atoms with Crippen LogP contribution in [0.25, 0.3) is 67.3 Å². The van der Waals surface area contributed by atoms with Crippen LogP contribution < -0.4 is 0 Å². The molecule has 0 fully saturated rings. The summed E-state index contributed by atoms with van der Waals surface area (Å²) in [7, 11) is 0. The van der Waals surface area contributed by atoms with E-state index in [4.69, 9.17) is 9.97 Å². The van der Waals surface area contributed by atoms with Crippen molar-refractivity contribution in [2.24, 2.45) is 0 Å². The zero-order chi connectivity index (χ0) is 41.2. The number of aromatic nitrogens is 2. The van der Waals surface area contributed by atoms with E-state index in [1.54, 1.807) is 0 Å². The van der Waals surface area contributed by atoms with Gasteiger partial charge in [-0.25, -0.2) is 9.97 Å². The van der Waals surface area contributed by atoms with Crippen molar-refractivity contribution in [1.29, 1.82) is 21.0 Å². The Hall–Kier alpha value is -7.64. The van der Waals surface area contributed by atoms with Crippen molar-refractivity contribution < 1.29 is 0 Å². The third kappa shape index (κ3) is 7.24. The molecule has 6 nitrogen and oxygen atoms in total. The van der Waals surface area contributed by atoms with Gasteiger partial charge in [-0.1, -0.05) is 169 Å². The van der Waals surface area contributed by atoms with Crippen molar-refractivity contribution >= 4 is 0 Å². The van der Waals surface area contributed by atoms with E-state index in [0.717, 1.165) is 33.4 Å². The highest BCUT2D eigenvalue weighted by molar-refractivity contribution is 5.92. The van der Waals surface area contributed by atoms with E-state index < -0.39 is 0 Å². The standard InChI is InChI=1S/C52H40N6/c1-51(2,3)39-24-20-33(21-25-39)45-41(29-53)47(35-14-9-7-10-15-35)57-49(43(45)31-55)37-18-13-19-38(28-37)50-44(32-56)46(34-22-26-40(27-23-34)52(4,5)6)42(30-54)48(58-50)36-16-11-8-12-17-36/h7-28H,1-6H3. The maximum Gasteiger partial charge on any atom is 0.102 e. The zero-order valence-corrected chi connectivity index (χ0v) is 33.4. The van der Waals surface area contributed by atoms with Gasteiger partial charge in [0.05, 0.1) is 45.0 Å². The minimum absolute atomic E-state index is 0.0917. The summed E-state index contributed by atoms with van der Waals surface area (Å²) in [5.41, 5.74) is 10.1. The second-order valence-corrected chi connectivity index (χ2v) is 16.3. The highest BCUT2D eigenvalue weighted by atomic mass is 14.7. The lowest BCUT2D eigenvalue weighted by Crippen LogP contribution is -2.10. The van der Waals surface area contributed by atoms with Crippen LogP contribution in [-0.4, -0.2) is 9.97 Å². The van der Waals surface area contributed by atoms with Gasteiger partial charge >= 0.3 is 0 Å². The molecule has 0 bridgehead atoms. The first-order valence-electron chi connectivity index (χ1n) is 19.1. The van der Waals surface area contributed by atoms with Crippen LogP contribution >= 0.6 is 0 Å². The van der Waals surface area contributed by atoms with Crippen molar-refractivity contribution in [3.8, 4) is 91.6 Å². The number of benzene rings is 5. The van der Waals surface area contributed by atoms with Crippen molar-refractivity contribution in [1.82, 2.24) is 9.97 Å². The first-order chi connectivity index (χ1) is 27.9. The third-order valence-electron chi connectivity index (χ3n) is 10.4. The van der Waals surface area contributed by atoms with Gasteiger partial charge in [0.1, 0.15) is 24.3 Å². The van der Waals surface area contributed by atoms with Gasteiger partial charge in [-0.3, -0.25) is 0 Å². The Kier molecular flexibility index (Phi) is 10.3. The van der Waals surface area contributed by atoms with Crippen LogP contribution in [0.2, 0.25) is 0 Å². The molecule has 58 heavy (non-hydrogen) atoms. The van der Waals surface area contributed by atoms with Crippen LogP contribution in [0.3, 0.4) is 0 Å². The molecule has 278 valence electrons. The maximum atomic E-state index is 10.9. The van der Waals surface area contributed by atoms with E-state index in [1.807, 2.05) is 133 Å². The highest BCUT2D eigenvalue weighted by Crippen LogP contribution is 2.42. The van der Waals surface area contributed by atoms with E-state index in [-0.39, 0.29) is 22.0 Å². The number of pyridine rings is 2. The predicted molar refractivity (Wildman–Crippen MR) is 231 cm³/mol. The third-order valence-corrected chi connectivity index (χ3v) is 10.4. The first kappa shape index (κ1) is 38.6. The van der Waals surface area contributed by atoms with Gasteiger partial charge in [0.25, 0.3) is 0 Å². The average Bonchev–Trinajstić information content (AvgIpc) is 3.24. The van der Waals surface area contributed by atoms with Crippen LogP contribution in [0.4, 0.5) is 0 Å². The minimum Gasteiger partial charge on any atom is -0.245 e. The van der Waals surface area contributed by atoms with Crippen LogP contribution in [0.15, 0.2) is 133 Å². The van der Waals surface area contributed by atoms with Gasteiger partial charge in [-0.2, -0.15) is 21.0 Å².